The zero-order chi connectivity index (χ0) is 36.6. The third-order valence-corrected chi connectivity index (χ3v) is 16.6. The van der Waals surface area contributed by atoms with Gasteiger partial charge in [-0.2, -0.15) is 83.5 Å². The van der Waals surface area contributed by atoms with Crippen molar-refractivity contribution in [3.63, 3.8) is 0 Å². The summed E-state index contributed by atoms with van der Waals surface area (Å²) in [6.07, 6.45) is 0. The van der Waals surface area contributed by atoms with Crippen LogP contribution in [0.15, 0.2) is 0 Å². The zero-order valence-electron chi connectivity index (χ0n) is 38.1. The van der Waals surface area contributed by atoms with Gasteiger partial charge in [0.25, 0.3) is 0 Å². The molecule has 3 aromatic carbocycles. The molecule has 0 radical (unpaired) electrons. The molecule has 54 heavy (non-hydrogen) atoms. The molecule has 0 bridgehead atoms. The van der Waals surface area contributed by atoms with E-state index in [4.69, 9.17) is 0 Å². The summed E-state index contributed by atoms with van der Waals surface area (Å²) in [5, 5.41) is 0. The molecule has 12 unspecified atom stereocenters. The van der Waals surface area contributed by atoms with E-state index in [0.29, 0.717) is 0 Å². The molecule has 3 aliphatic carbocycles. The van der Waals surface area contributed by atoms with Gasteiger partial charge in [0.2, 0.25) is 0 Å². The summed E-state index contributed by atoms with van der Waals surface area (Å²) in [5.41, 5.74) is 24.0. The summed E-state index contributed by atoms with van der Waals surface area (Å²) in [4.78, 5) is 0. The van der Waals surface area contributed by atoms with Crippen LogP contribution >= 0.6 is 0 Å². The molecule has 3 aliphatic rings. The predicted octanol–water partition coefficient (Wildman–Crippen LogP) is 5.48. The summed E-state index contributed by atoms with van der Waals surface area (Å²) in [6, 6.07) is 0. The Morgan fingerprint density at radius 3 is 0.611 bits per heavy atom. The van der Waals surface area contributed by atoms with Crippen LogP contribution in [0.25, 0.3) is 0 Å². The maximum absolute atomic E-state index is 2.42. The summed E-state index contributed by atoms with van der Waals surface area (Å²) < 4.78 is 0. The quantitative estimate of drug-likeness (QED) is 0.208. The third-order valence-electron chi connectivity index (χ3n) is 16.6. The molecule has 0 amide bonds. The van der Waals surface area contributed by atoms with Crippen molar-refractivity contribution < 1.29 is 102 Å². The average Bonchev–Trinajstić information content (AvgIpc) is 3.53. The Bertz CT molecular complexity index is 1340. The summed E-state index contributed by atoms with van der Waals surface area (Å²) in [7, 11) is 0. The summed E-state index contributed by atoms with van der Waals surface area (Å²) >= 11 is 0. The van der Waals surface area contributed by atoms with Crippen molar-refractivity contribution in [1.82, 2.24) is 0 Å². The molecule has 6 heteroatoms. The molecule has 6 rings (SSSR count). The van der Waals surface area contributed by atoms with Crippen molar-refractivity contribution in [2.24, 2.45) is 35.5 Å². The molecule has 0 nitrogen and oxygen atoms in total. The Kier molecular flexibility index (Phi) is 24.9. The van der Waals surface area contributed by atoms with Crippen molar-refractivity contribution in [2.45, 2.75) is 181 Å². The largest absolute Gasteiger partial charge is 2.00 e. The number of rotatable bonds is 0. The molecule has 0 saturated heterocycles. The van der Waals surface area contributed by atoms with E-state index in [0.717, 1.165) is 71.0 Å². The topological polar surface area (TPSA) is 0 Å². The van der Waals surface area contributed by atoms with Gasteiger partial charge >= 0.3 is 65.2 Å². The molecule has 0 spiro atoms. The summed E-state index contributed by atoms with van der Waals surface area (Å²) in [6.45, 7) is 49.8. The van der Waals surface area contributed by atoms with Gasteiger partial charge in [-0.1, -0.05) is 163 Å². The number of hydrogen-bond donors (Lipinski definition) is 0. The Labute approximate surface area is 398 Å². The van der Waals surface area contributed by atoms with Gasteiger partial charge in [0, 0.05) is 0 Å². The van der Waals surface area contributed by atoms with Gasteiger partial charge in [0.15, 0.2) is 0 Å². The first-order chi connectivity index (χ1) is 22.1. The fourth-order valence-electron chi connectivity index (χ4n) is 11.1. The zero-order valence-corrected chi connectivity index (χ0v) is 45.0. The molecule has 12 atom stereocenters. The predicted molar refractivity (Wildman–Crippen MR) is 214 cm³/mol. The van der Waals surface area contributed by atoms with E-state index in [2.05, 4.69) is 145 Å². The van der Waals surface area contributed by atoms with Crippen LogP contribution in [0, 0.1) is 97.8 Å². The molecule has 3 aromatic rings. The third kappa shape index (κ3) is 9.81. The van der Waals surface area contributed by atoms with E-state index >= 15 is 0 Å². The number of fused-ring (bicyclic) bond motifs is 3. The Balaban J connectivity index is -0.000000684. The van der Waals surface area contributed by atoms with E-state index in [1.54, 1.807) is 66.8 Å². The van der Waals surface area contributed by atoms with Crippen molar-refractivity contribution in [2.75, 3.05) is 0 Å². The maximum atomic E-state index is 2.42. The molecule has 0 fully saturated rings. The fraction of sp³-hybridized carbons (Fsp3) is 0.688. The van der Waals surface area contributed by atoms with Crippen LogP contribution in [0.5, 0.6) is 0 Å². The molecular weight excluding hydrogens is 826 g/mol. The van der Waals surface area contributed by atoms with Crippen LogP contribution in [-0.2, 0) is 65.2 Å². The Hall–Kier alpha value is 1.06. The molecule has 0 N–H and O–H groups in total. The van der Waals surface area contributed by atoms with Gasteiger partial charge < -0.3 is 37.2 Å². The van der Waals surface area contributed by atoms with Gasteiger partial charge in [0.1, 0.15) is 0 Å². The molecule has 0 heterocycles. The van der Waals surface area contributed by atoms with E-state index in [1.165, 1.54) is 16.7 Å². The first-order valence-electron chi connectivity index (χ1n) is 19.9. The van der Waals surface area contributed by atoms with Crippen LogP contribution in [0.1, 0.15) is 202 Å². The Morgan fingerprint density at radius 2 is 0.444 bits per heavy atom. The minimum absolute atomic E-state index is 0. The first kappa shape index (κ1) is 59.4. The van der Waals surface area contributed by atoms with Crippen LogP contribution in [0.3, 0.4) is 0 Å². The van der Waals surface area contributed by atoms with E-state index in [-0.39, 0.29) is 102 Å². The standard InChI is InChI=1S/3C16H25.3ClH.3Ti/c3*1-8-9(2)12(5)16-14(7)10(3)13(6)15(16)11(8)4;;;;;;/h3*8-9,11-12H,1-7H3;3*1H;;;/q3*-1;;;;3*+2/p-3. The smallest absolute Gasteiger partial charge is 1.00 e. The summed E-state index contributed by atoms with van der Waals surface area (Å²) in [5.74, 6) is 9.23. The first-order valence-corrected chi connectivity index (χ1v) is 19.9. The van der Waals surface area contributed by atoms with Crippen molar-refractivity contribution >= 4 is 0 Å². The second-order valence-electron chi connectivity index (χ2n) is 18.0. The van der Waals surface area contributed by atoms with Crippen LogP contribution in [0.4, 0.5) is 0 Å². The minimum atomic E-state index is 0. The average molecular weight is 902 g/mol. The van der Waals surface area contributed by atoms with E-state index in [1.807, 2.05) is 0 Å². The molecule has 0 aromatic heterocycles. The monoisotopic (exact) mass is 900 g/mol. The molecular formula is C48H75Cl3Ti3. The van der Waals surface area contributed by atoms with Crippen molar-refractivity contribution in [1.29, 1.82) is 0 Å². The van der Waals surface area contributed by atoms with Gasteiger partial charge in [-0.25, -0.2) is 0 Å². The number of hydrogen-bond acceptors (Lipinski definition) is 0. The molecule has 300 valence electrons. The van der Waals surface area contributed by atoms with Gasteiger partial charge in [-0.05, 0) is 53.3 Å². The maximum Gasteiger partial charge on any atom is 2.00 e. The fourth-order valence-corrected chi connectivity index (χ4v) is 11.1. The van der Waals surface area contributed by atoms with E-state index < -0.39 is 0 Å². The van der Waals surface area contributed by atoms with Gasteiger partial charge in [-0.15, -0.1) is 0 Å². The number of halogens is 3. The van der Waals surface area contributed by atoms with Gasteiger partial charge in [-0.3, -0.25) is 0 Å². The molecule has 0 aliphatic heterocycles. The Morgan fingerprint density at radius 1 is 0.296 bits per heavy atom. The SMILES string of the molecule is Cc1c2c([c-](C)c1C)C(C)C(C)C(C)C2C.Cc1c2c([c-](C)c1C)C(C)C(C)C(C)C2C.Cc1c2c([c-](C)c1C)C(C)C(C)C(C)C2C.[Cl-].[Cl-].[Cl-].[Ti+2].[Ti+2].[Ti+2]. The second kappa shape index (κ2) is 22.6. The second-order valence-corrected chi connectivity index (χ2v) is 18.0. The minimum Gasteiger partial charge on any atom is -1.00 e. The van der Waals surface area contributed by atoms with E-state index in [9.17, 15) is 0 Å². The van der Waals surface area contributed by atoms with Gasteiger partial charge in [0.05, 0.1) is 0 Å². The van der Waals surface area contributed by atoms with Crippen LogP contribution < -0.4 is 37.2 Å². The van der Waals surface area contributed by atoms with Crippen LogP contribution in [-0.4, -0.2) is 0 Å². The van der Waals surface area contributed by atoms with Crippen molar-refractivity contribution in [3.8, 4) is 0 Å². The molecule has 0 saturated carbocycles. The normalized spacial score (nSPS) is 30.2. The van der Waals surface area contributed by atoms with Crippen LogP contribution in [0.2, 0.25) is 0 Å². The van der Waals surface area contributed by atoms with Crippen molar-refractivity contribution in [3.05, 3.63) is 83.5 Å².